The molecule has 3 aliphatic carbocycles. The van der Waals surface area contributed by atoms with E-state index >= 15 is 0 Å². The predicted molar refractivity (Wildman–Crippen MR) is 156 cm³/mol. The van der Waals surface area contributed by atoms with Gasteiger partial charge in [-0.2, -0.15) is 0 Å². The van der Waals surface area contributed by atoms with Gasteiger partial charge in [-0.3, -0.25) is 9.59 Å². The molecule has 6 aliphatic rings. The van der Waals surface area contributed by atoms with E-state index in [2.05, 4.69) is 6.08 Å². The maximum absolute atomic E-state index is 14.7. The zero-order chi connectivity index (χ0) is 29.9. The van der Waals surface area contributed by atoms with Gasteiger partial charge in [0.1, 0.15) is 34.0 Å². The van der Waals surface area contributed by atoms with Crippen molar-refractivity contribution in [2.45, 2.75) is 103 Å². The van der Waals surface area contributed by atoms with Crippen LogP contribution in [-0.4, -0.2) is 51.8 Å². The highest BCUT2D eigenvalue weighted by molar-refractivity contribution is 6.20. The quantitative estimate of drug-likeness (QED) is 0.428. The third-order valence-electron chi connectivity index (χ3n) is 9.54. The Morgan fingerprint density at radius 3 is 2.37 bits per heavy atom. The minimum Gasteiger partial charge on any atom is -0.506 e. The molecule has 4 atom stereocenters. The van der Waals surface area contributed by atoms with Crippen molar-refractivity contribution in [2.75, 3.05) is 7.11 Å². The molecule has 1 aromatic carbocycles. The van der Waals surface area contributed by atoms with Crippen molar-refractivity contribution in [1.29, 1.82) is 0 Å². The number of allylic oxidation sites excluding steroid dienone is 3. The van der Waals surface area contributed by atoms with E-state index in [-0.39, 0.29) is 41.0 Å². The van der Waals surface area contributed by atoms with Gasteiger partial charge in [-0.05, 0) is 86.5 Å². The number of fused-ring (bicyclic) bond motifs is 2. The molecule has 1 aromatic rings. The molecule has 1 spiro atoms. The summed E-state index contributed by atoms with van der Waals surface area (Å²) in [5.41, 5.74) is -2.02. The molecular weight excluding hydrogens is 520 g/mol. The number of rotatable bonds is 5. The number of benzene rings is 1. The van der Waals surface area contributed by atoms with Crippen LogP contribution < -0.4 is 9.47 Å². The first-order valence-electron chi connectivity index (χ1n) is 14.4. The maximum Gasteiger partial charge on any atom is 0.205 e. The standard InChI is InChI=1S/C34H40O7/c1-18(2)10-11-21-27-20(13-14-30(5,6)39-27)25(35)24-26(36)22-16-32(38-9)17-23-31(7,8)41-33(29(32)37,15-12-19(3)4)34(22,23)40-28(21)24/h10,12-14,16,23,35H,11,15,17H2,1-9H3/t23-,32-,33-,34+/m0/s1. The number of ether oxygens (including phenoxy) is 4. The molecule has 3 heterocycles. The van der Waals surface area contributed by atoms with E-state index < -0.39 is 28.0 Å². The number of methoxy groups -OCH3 is 1. The third-order valence-corrected chi connectivity index (χ3v) is 9.54. The summed E-state index contributed by atoms with van der Waals surface area (Å²) in [6.45, 7) is 15.7. The minimum atomic E-state index is -1.50. The molecule has 41 heavy (non-hydrogen) atoms. The Morgan fingerprint density at radius 2 is 1.73 bits per heavy atom. The Hall–Kier alpha value is -3.16. The van der Waals surface area contributed by atoms with Crippen LogP contribution in [0.5, 0.6) is 17.2 Å². The van der Waals surface area contributed by atoms with Crippen LogP contribution in [0.2, 0.25) is 0 Å². The van der Waals surface area contributed by atoms with E-state index in [9.17, 15) is 14.7 Å². The zero-order valence-electron chi connectivity index (χ0n) is 25.5. The number of phenolic OH excluding ortho intramolecular Hbond substituents is 1. The topological polar surface area (TPSA) is 91.3 Å². The molecule has 3 aliphatic heterocycles. The van der Waals surface area contributed by atoms with E-state index in [1.54, 1.807) is 6.08 Å². The second-order valence-corrected chi connectivity index (χ2v) is 13.7. The summed E-state index contributed by atoms with van der Waals surface area (Å²) in [5, 5.41) is 11.6. The number of phenols is 1. The molecule has 4 bridgehead atoms. The number of carbonyl (C=O) groups is 2. The van der Waals surface area contributed by atoms with E-state index in [0.717, 1.165) is 11.1 Å². The minimum absolute atomic E-state index is 0.0894. The molecule has 7 heteroatoms. The summed E-state index contributed by atoms with van der Waals surface area (Å²) < 4.78 is 26.4. The monoisotopic (exact) mass is 560 g/mol. The van der Waals surface area contributed by atoms with Crippen molar-refractivity contribution in [3.05, 3.63) is 57.7 Å². The summed E-state index contributed by atoms with van der Waals surface area (Å²) in [5.74, 6) is -0.419. The van der Waals surface area contributed by atoms with Gasteiger partial charge in [0.15, 0.2) is 17.0 Å². The molecule has 1 saturated carbocycles. The Bertz CT molecular complexity index is 1530. The second kappa shape index (κ2) is 8.45. The molecule has 218 valence electrons. The first-order chi connectivity index (χ1) is 19.1. The Morgan fingerprint density at radius 1 is 1.05 bits per heavy atom. The Balaban J connectivity index is 1.71. The summed E-state index contributed by atoms with van der Waals surface area (Å²) in [6, 6.07) is 0. The van der Waals surface area contributed by atoms with Crippen LogP contribution in [0.25, 0.3) is 6.08 Å². The molecule has 1 N–H and O–H groups in total. The number of ketones is 2. The van der Waals surface area contributed by atoms with E-state index in [0.29, 0.717) is 35.3 Å². The molecule has 0 aromatic heterocycles. The molecule has 0 unspecified atom stereocenters. The van der Waals surface area contributed by atoms with Crippen LogP contribution >= 0.6 is 0 Å². The van der Waals surface area contributed by atoms with Crippen LogP contribution in [0.1, 0.15) is 89.7 Å². The predicted octanol–water partition coefficient (Wildman–Crippen LogP) is 6.22. The third kappa shape index (κ3) is 3.45. The lowest BCUT2D eigenvalue weighted by atomic mass is 9.49. The first kappa shape index (κ1) is 28.0. The van der Waals surface area contributed by atoms with Crippen molar-refractivity contribution in [1.82, 2.24) is 0 Å². The average Bonchev–Trinajstić information content (AvgIpc) is 3.04. The molecule has 1 saturated heterocycles. The van der Waals surface area contributed by atoms with Gasteiger partial charge in [-0.15, -0.1) is 0 Å². The average molecular weight is 561 g/mol. The summed E-state index contributed by atoms with van der Waals surface area (Å²) in [7, 11) is 1.51. The van der Waals surface area contributed by atoms with Crippen LogP contribution in [0.4, 0.5) is 0 Å². The van der Waals surface area contributed by atoms with Gasteiger partial charge in [0.2, 0.25) is 5.78 Å². The van der Waals surface area contributed by atoms with E-state index in [4.69, 9.17) is 18.9 Å². The van der Waals surface area contributed by atoms with Gasteiger partial charge in [0.05, 0.1) is 11.2 Å². The summed E-state index contributed by atoms with van der Waals surface area (Å²) >= 11 is 0. The highest BCUT2D eigenvalue weighted by Crippen LogP contribution is 2.70. The van der Waals surface area contributed by atoms with Gasteiger partial charge < -0.3 is 24.1 Å². The molecule has 2 fully saturated rings. The number of carbonyl (C=O) groups excluding carboxylic acids is 2. The van der Waals surface area contributed by atoms with Crippen molar-refractivity contribution in [3.8, 4) is 17.2 Å². The molecular formula is C34H40O7. The van der Waals surface area contributed by atoms with Crippen molar-refractivity contribution < 1.29 is 33.6 Å². The van der Waals surface area contributed by atoms with Gasteiger partial charge in [-0.1, -0.05) is 23.3 Å². The highest BCUT2D eigenvalue weighted by atomic mass is 16.6. The fraction of sp³-hybridized carbons (Fsp3) is 0.529. The van der Waals surface area contributed by atoms with Crippen molar-refractivity contribution in [3.63, 3.8) is 0 Å². The molecule has 7 rings (SSSR count). The Kier molecular flexibility index (Phi) is 5.77. The van der Waals surface area contributed by atoms with E-state index in [1.807, 2.05) is 73.6 Å². The summed E-state index contributed by atoms with van der Waals surface area (Å²) in [4.78, 5) is 29.3. The lowest BCUT2D eigenvalue weighted by molar-refractivity contribution is -0.189. The first-order valence-corrected chi connectivity index (χ1v) is 14.4. The SMILES string of the molecule is CO[C@@]12C=C3C(=O)c4c(O)c5c(c(CC=C(C)C)c4O[C@@]34[C@@H](C1)C(C)(C)O[C@@]4(CC=C(C)C)C2=O)OC(C)(C)C=C5. The van der Waals surface area contributed by atoms with Crippen LogP contribution in [0.3, 0.4) is 0 Å². The van der Waals surface area contributed by atoms with Crippen LogP contribution in [0.15, 0.2) is 41.0 Å². The van der Waals surface area contributed by atoms with Gasteiger partial charge in [-0.25, -0.2) is 0 Å². The van der Waals surface area contributed by atoms with Crippen LogP contribution in [-0.2, 0) is 20.7 Å². The van der Waals surface area contributed by atoms with Gasteiger partial charge in [0, 0.05) is 30.6 Å². The van der Waals surface area contributed by atoms with Crippen molar-refractivity contribution >= 4 is 17.6 Å². The molecule has 7 nitrogen and oxygen atoms in total. The number of hydrogen-bond acceptors (Lipinski definition) is 7. The van der Waals surface area contributed by atoms with Crippen molar-refractivity contribution in [2.24, 2.45) is 5.92 Å². The van der Waals surface area contributed by atoms with Crippen LogP contribution in [0, 0.1) is 5.92 Å². The second-order valence-electron chi connectivity index (χ2n) is 13.7. The fourth-order valence-electron chi connectivity index (χ4n) is 7.62. The maximum atomic E-state index is 14.7. The number of Topliss-reactive ketones (excluding diaryl/α,β-unsaturated/α-hetero) is 2. The smallest absolute Gasteiger partial charge is 0.205 e. The molecule has 0 amide bonds. The zero-order valence-corrected chi connectivity index (χ0v) is 25.5. The number of aromatic hydroxyl groups is 1. The fourth-order valence-corrected chi connectivity index (χ4v) is 7.62. The van der Waals surface area contributed by atoms with E-state index in [1.165, 1.54) is 7.11 Å². The highest BCUT2D eigenvalue weighted by Gasteiger charge is 2.84. The molecule has 0 radical (unpaired) electrons. The number of hydrogen-bond donors (Lipinski definition) is 1. The largest absolute Gasteiger partial charge is 0.506 e. The normalized spacial score (nSPS) is 32.7. The van der Waals surface area contributed by atoms with Gasteiger partial charge >= 0.3 is 0 Å². The Labute approximate surface area is 241 Å². The van der Waals surface area contributed by atoms with Gasteiger partial charge in [0.25, 0.3) is 0 Å². The lowest BCUT2D eigenvalue weighted by Crippen LogP contribution is -2.77. The lowest BCUT2D eigenvalue weighted by Gasteiger charge is -2.59. The summed E-state index contributed by atoms with van der Waals surface area (Å²) in [6.07, 6.45) is 10.3.